The Labute approximate surface area is 214 Å². The van der Waals surface area contributed by atoms with E-state index >= 15 is 0 Å². The van der Waals surface area contributed by atoms with E-state index in [9.17, 15) is 9.18 Å². The third-order valence-electron chi connectivity index (χ3n) is 7.83. The maximum atomic E-state index is 15.0. The van der Waals surface area contributed by atoms with Gasteiger partial charge in [-0.1, -0.05) is 0 Å². The minimum Gasteiger partial charge on any atom is -0.423 e. The molecule has 2 atom stereocenters. The number of nitrogens with two attached hydrogens (primary N) is 2. The van der Waals surface area contributed by atoms with Crippen molar-refractivity contribution in [1.82, 2.24) is 15.0 Å². The summed E-state index contributed by atoms with van der Waals surface area (Å²) < 4.78 is 21.0. The number of hydrogen-bond donors (Lipinski definition) is 2. The summed E-state index contributed by atoms with van der Waals surface area (Å²) in [5, 5.41) is 0. The molecule has 4 N–H and O–H groups in total. The van der Waals surface area contributed by atoms with Gasteiger partial charge in [0.25, 0.3) is 0 Å². The van der Waals surface area contributed by atoms with Crippen molar-refractivity contribution >= 4 is 17.4 Å². The second-order valence-electron chi connectivity index (χ2n) is 10.6. The summed E-state index contributed by atoms with van der Waals surface area (Å²) >= 11 is 0. The molecule has 3 aromatic rings. The number of fused-ring (bicyclic) bond motifs is 3. The van der Waals surface area contributed by atoms with Gasteiger partial charge >= 0.3 is 6.01 Å². The summed E-state index contributed by atoms with van der Waals surface area (Å²) in [6.07, 6.45) is 4.22. The van der Waals surface area contributed by atoms with Gasteiger partial charge in [0.15, 0.2) is 0 Å². The molecule has 3 aliphatic rings. The zero-order chi connectivity index (χ0) is 26.1. The average molecular weight is 504 g/mol. The quantitative estimate of drug-likeness (QED) is 0.426. The molecule has 2 fully saturated rings. The van der Waals surface area contributed by atoms with Crippen LogP contribution in [-0.4, -0.2) is 53.1 Å². The van der Waals surface area contributed by atoms with Gasteiger partial charge in [0, 0.05) is 49.3 Å². The number of likely N-dealkylation sites (N-methyl/N-ethyl adjacent to an activating group) is 1. The van der Waals surface area contributed by atoms with Gasteiger partial charge in [0.1, 0.15) is 17.4 Å². The Balaban J connectivity index is 1.47. The molecule has 3 heterocycles. The first-order chi connectivity index (χ1) is 17.6. The van der Waals surface area contributed by atoms with Gasteiger partial charge in [-0.15, -0.1) is 0 Å². The highest BCUT2D eigenvalue weighted by Gasteiger charge is 2.54. The van der Waals surface area contributed by atoms with Gasteiger partial charge in [-0.25, -0.2) is 4.39 Å². The molecule has 6 rings (SSSR count). The number of carbonyl (C=O) groups excluding carboxylic acids is 1. The van der Waals surface area contributed by atoms with Crippen molar-refractivity contribution in [3.05, 3.63) is 53.2 Å². The van der Waals surface area contributed by atoms with Gasteiger partial charge < -0.3 is 26.0 Å². The van der Waals surface area contributed by atoms with Gasteiger partial charge in [0.05, 0.1) is 23.6 Å². The van der Waals surface area contributed by atoms with E-state index in [2.05, 4.69) is 9.88 Å². The Morgan fingerprint density at radius 1 is 1.30 bits per heavy atom. The molecule has 1 aliphatic heterocycles. The fourth-order valence-electron chi connectivity index (χ4n) is 5.54. The van der Waals surface area contributed by atoms with Gasteiger partial charge in [-0.2, -0.15) is 9.97 Å². The number of nitrogens with zero attached hydrogens (tertiary/aromatic N) is 5. The number of hydrogen-bond acceptors (Lipinski definition) is 8. The van der Waals surface area contributed by atoms with Crippen molar-refractivity contribution < 1.29 is 13.9 Å². The minimum absolute atomic E-state index is 0.0440. The minimum atomic E-state index is -0.716. The molecule has 1 aromatic carbocycles. The number of pyridine rings is 1. The molecule has 1 saturated carbocycles. The molecule has 2 aliphatic carbocycles. The van der Waals surface area contributed by atoms with Crippen LogP contribution in [-0.2, 0) is 11.2 Å². The lowest BCUT2D eigenvalue weighted by Gasteiger charge is -2.23. The van der Waals surface area contributed by atoms with Crippen LogP contribution in [0.5, 0.6) is 11.8 Å². The van der Waals surface area contributed by atoms with Crippen LogP contribution in [0.3, 0.4) is 0 Å². The largest absolute Gasteiger partial charge is 0.423 e. The standard InChI is InChI=1S/C27H30FN7O2/c1-14-4-5-17(11-31-14)37-26-32-20-10-18-19(8-16(28)9-21(18)34(3)25(36)15(2)29)23(20)24(33-26)35-12-22(30)27(13-35)6-7-27/h4-5,8-9,11,15,22H,6-7,10,12-13,29-30H2,1-3H3/t15-,22-/m0/s1. The summed E-state index contributed by atoms with van der Waals surface area (Å²) in [7, 11) is 1.62. The molecule has 2 aromatic heterocycles. The van der Waals surface area contributed by atoms with E-state index in [-0.39, 0.29) is 23.4 Å². The number of ether oxygens (including phenoxy) is 1. The zero-order valence-electron chi connectivity index (χ0n) is 21.2. The van der Waals surface area contributed by atoms with Crippen LogP contribution in [0.1, 0.15) is 36.7 Å². The molecule has 9 nitrogen and oxygen atoms in total. The van der Waals surface area contributed by atoms with E-state index in [0.29, 0.717) is 41.5 Å². The van der Waals surface area contributed by atoms with E-state index < -0.39 is 11.9 Å². The summed E-state index contributed by atoms with van der Waals surface area (Å²) in [4.78, 5) is 30.1. The summed E-state index contributed by atoms with van der Waals surface area (Å²) in [6, 6.07) is 6.07. The first-order valence-electron chi connectivity index (χ1n) is 12.5. The number of carbonyl (C=O) groups is 1. The number of amides is 1. The van der Waals surface area contributed by atoms with Gasteiger partial charge in [-0.3, -0.25) is 9.78 Å². The van der Waals surface area contributed by atoms with Crippen LogP contribution in [0.15, 0.2) is 30.5 Å². The number of benzene rings is 1. The molecule has 0 radical (unpaired) electrons. The molecule has 0 bridgehead atoms. The Kier molecular flexibility index (Phi) is 5.43. The Morgan fingerprint density at radius 2 is 2.08 bits per heavy atom. The van der Waals surface area contributed by atoms with E-state index in [1.54, 1.807) is 20.2 Å². The molecular formula is C27H30FN7O2. The zero-order valence-corrected chi connectivity index (χ0v) is 21.2. The third kappa shape index (κ3) is 4.00. The monoisotopic (exact) mass is 503 g/mol. The smallest absolute Gasteiger partial charge is 0.324 e. The van der Waals surface area contributed by atoms with Crippen molar-refractivity contribution in [3.8, 4) is 22.9 Å². The predicted octanol–water partition coefficient (Wildman–Crippen LogP) is 2.92. The lowest BCUT2D eigenvalue weighted by molar-refractivity contribution is -0.119. The maximum Gasteiger partial charge on any atom is 0.324 e. The predicted molar refractivity (Wildman–Crippen MR) is 138 cm³/mol. The second kappa shape index (κ2) is 8.46. The lowest BCUT2D eigenvalue weighted by Crippen LogP contribution is -2.40. The summed E-state index contributed by atoms with van der Waals surface area (Å²) in [5.41, 5.74) is 16.8. The second-order valence-corrected chi connectivity index (χ2v) is 10.6. The van der Waals surface area contributed by atoms with E-state index in [4.69, 9.17) is 26.2 Å². The molecule has 0 unspecified atom stereocenters. The average Bonchev–Trinajstić information content (AvgIpc) is 3.45. The van der Waals surface area contributed by atoms with Crippen molar-refractivity contribution in [1.29, 1.82) is 0 Å². The molecule has 1 amide bonds. The van der Waals surface area contributed by atoms with Gasteiger partial charge in [-0.05, 0) is 62.1 Å². The Bertz CT molecular complexity index is 1400. The van der Waals surface area contributed by atoms with E-state index in [1.165, 1.54) is 17.0 Å². The van der Waals surface area contributed by atoms with Crippen molar-refractivity contribution in [2.75, 3.05) is 29.9 Å². The molecular weight excluding hydrogens is 473 g/mol. The van der Waals surface area contributed by atoms with Crippen molar-refractivity contribution in [3.63, 3.8) is 0 Å². The SMILES string of the molecule is Cc1ccc(Oc2nc3c(c(N4C[C@H](N)C5(CC5)C4)n2)-c2cc(F)cc(N(C)C(=O)[C@H](C)N)c2C3)cn1. The normalized spacial score (nSPS) is 19.5. The van der Waals surface area contributed by atoms with Crippen LogP contribution in [0, 0.1) is 18.2 Å². The molecule has 1 saturated heterocycles. The highest BCUT2D eigenvalue weighted by atomic mass is 19.1. The number of aromatic nitrogens is 3. The number of aryl methyl sites for hydroxylation is 1. The van der Waals surface area contributed by atoms with Crippen LogP contribution in [0.25, 0.3) is 11.1 Å². The van der Waals surface area contributed by atoms with Crippen LogP contribution in [0.4, 0.5) is 15.9 Å². The van der Waals surface area contributed by atoms with Gasteiger partial charge in [0.2, 0.25) is 5.91 Å². The number of anilines is 2. The first-order valence-corrected chi connectivity index (χ1v) is 12.5. The summed E-state index contributed by atoms with van der Waals surface area (Å²) in [5.74, 6) is 0.459. The third-order valence-corrected chi connectivity index (χ3v) is 7.83. The van der Waals surface area contributed by atoms with Crippen molar-refractivity contribution in [2.24, 2.45) is 16.9 Å². The first kappa shape index (κ1) is 23.7. The van der Waals surface area contributed by atoms with Crippen LogP contribution in [0.2, 0.25) is 0 Å². The number of rotatable bonds is 5. The molecule has 1 spiro atoms. The fraction of sp³-hybridized carbons (Fsp3) is 0.407. The lowest BCUT2D eigenvalue weighted by atomic mass is 10.0. The molecule has 37 heavy (non-hydrogen) atoms. The van der Waals surface area contributed by atoms with Crippen LogP contribution >= 0.6 is 0 Å². The van der Waals surface area contributed by atoms with Crippen molar-refractivity contribution in [2.45, 2.75) is 45.2 Å². The summed E-state index contributed by atoms with van der Waals surface area (Å²) in [6.45, 7) is 4.95. The topological polar surface area (TPSA) is 123 Å². The van der Waals surface area contributed by atoms with Crippen LogP contribution < -0.4 is 26.0 Å². The highest BCUT2D eigenvalue weighted by molar-refractivity contribution is 5.99. The maximum absolute atomic E-state index is 15.0. The highest BCUT2D eigenvalue weighted by Crippen LogP contribution is 2.54. The van der Waals surface area contributed by atoms with E-state index in [1.807, 2.05) is 19.1 Å². The number of halogens is 1. The molecule has 10 heteroatoms. The fourth-order valence-corrected chi connectivity index (χ4v) is 5.54. The Morgan fingerprint density at radius 3 is 2.73 bits per heavy atom. The Hall–Kier alpha value is -3.63. The molecule has 192 valence electrons. The van der Waals surface area contributed by atoms with E-state index in [0.717, 1.165) is 36.2 Å².